The molecule has 4 nitrogen and oxygen atoms in total. The zero-order chi connectivity index (χ0) is 9.61. The summed E-state index contributed by atoms with van der Waals surface area (Å²) in [5, 5.41) is 0. The molecule has 0 spiro atoms. The topological polar surface area (TPSA) is 44.8 Å². The van der Waals surface area contributed by atoms with Crippen molar-refractivity contribution in [1.82, 2.24) is 0 Å². The Bertz CT molecular complexity index is 186. The lowest BCUT2D eigenvalue weighted by molar-refractivity contribution is 0.181. The summed E-state index contributed by atoms with van der Waals surface area (Å²) in [6.45, 7) is 3.49. The minimum atomic E-state index is -3.43. The van der Waals surface area contributed by atoms with E-state index in [-0.39, 0.29) is 5.76 Å². The highest BCUT2D eigenvalue weighted by Crippen LogP contribution is 2.49. The van der Waals surface area contributed by atoms with Crippen LogP contribution in [0.2, 0.25) is 0 Å². The van der Waals surface area contributed by atoms with E-state index in [9.17, 15) is 4.57 Å². The second-order valence-electron chi connectivity index (χ2n) is 1.88. The van der Waals surface area contributed by atoms with Gasteiger partial charge in [-0.05, 0) is 0 Å². The standard InChI is InChI=1S/C6H12ClO4P/c1-6(4-5-7)11-12(8,9-2)10-3/h1,4-5H2,2-3H3. The van der Waals surface area contributed by atoms with Crippen molar-refractivity contribution < 1.29 is 18.1 Å². The summed E-state index contributed by atoms with van der Waals surface area (Å²) in [5.41, 5.74) is 0. The first kappa shape index (κ1) is 12.0. The van der Waals surface area contributed by atoms with Crippen LogP contribution in [0, 0.1) is 0 Å². The monoisotopic (exact) mass is 214 g/mol. The molecule has 0 aliphatic rings. The number of halogens is 1. The Morgan fingerprint density at radius 1 is 1.50 bits per heavy atom. The van der Waals surface area contributed by atoms with Crippen molar-refractivity contribution >= 4 is 19.4 Å². The molecule has 0 N–H and O–H groups in total. The molecule has 0 aromatic carbocycles. The zero-order valence-electron chi connectivity index (χ0n) is 7.08. The fourth-order valence-electron chi connectivity index (χ4n) is 0.458. The van der Waals surface area contributed by atoms with Gasteiger partial charge in [0.2, 0.25) is 0 Å². The zero-order valence-corrected chi connectivity index (χ0v) is 8.73. The highest BCUT2D eigenvalue weighted by Gasteiger charge is 2.24. The van der Waals surface area contributed by atoms with Gasteiger partial charge in [0.05, 0.1) is 0 Å². The van der Waals surface area contributed by atoms with E-state index in [0.717, 1.165) is 0 Å². The smallest absolute Gasteiger partial charge is 0.409 e. The van der Waals surface area contributed by atoms with E-state index in [0.29, 0.717) is 12.3 Å². The van der Waals surface area contributed by atoms with E-state index in [1.165, 1.54) is 14.2 Å². The van der Waals surface area contributed by atoms with Crippen LogP contribution in [0.25, 0.3) is 0 Å². The third-order valence-electron chi connectivity index (χ3n) is 1.06. The van der Waals surface area contributed by atoms with Crippen LogP contribution in [0.3, 0.4) is 0 Å². The molecule has 0 aromatic rings. The molecule has 0 bridgehead atoms. The molecule has 0 aliphatic heterocycles. The fraction of sp³-hybridized carbons (Fsp3) is 0.667. The van der Waals surface area contributed by atoms with Gasteiger partial charge in [-0.2, -0.15) is 0 Å². The van der Waals surface area contributed by atoms with Crippen LogP contribution in [-0.4, -0.2) is 20.1 Å². The van der Waals surface area contributed by atoms with E-state index in [2.05, 4.69) is 15.6 Å². The maximum Gasteiger partial charge on any atom is 0.529 e. The van der Waals surface area contributed by atoms with Crippen molar-refractivity contribution in [1.29, 1.82) is 0 Å². The third kappa shape index (κ3) is 4.12. The van der Waals surface area contributed by atoms with Gasteiger partial charge >= 0.3 is 7.82 Å². The highest BCUT2D eigenvalue weighted by molar-refractivity contribution is 7.48. The lowest BCUT2D eigenvalue weighted by Gasteiger charge is -2.14. The molecule has 72 valence electrons. The first-order valence-electron chi connectivity index (χ1n) is 3.23. The minimum Gasteiger partial charge on any atom is -0.409 e. The normalized spacial score (nSPS) is 11.2. The van der Waals surface area contributed by atoms with Crippen molar-refractivity contribution in [3.8, 4) is 0 Å². The van der Waals surface area contributed by atoms with Crippen LogP contribution in [0.5, 0.6) is 0 Å². The number of phosphoric acid groups is 1. The van der Waals surface area contributed by atoms with Gasteiger partial charge in [0.1, 0.15) is 5.76 Å². The summed E-state index contributed by atoms with van der Waals surface area (Å²) in [6.07, 6.45) is 0.415. The van der Waals surface area contributed by atoms with E-state index >= 15 is 0 Å². The van der Waals surface area contributed by atoms with Gasteiger partial charge in [-0.15, -0.1) is 11.6 Å². The number of hydrogen-bond donors (Lipinski definition) is 0. The minimum absolute atomic E-state index is 0.289. The lowest BCUT2D eigenvalue weighted by Crippen LogP contribution is -1.95. The molecular formula is C6H12ClO4P. The average molecular weight is 215 g/mol. The number of hydrogen-bond acceptors (Lipinski definition) is 4. The lowest BCUT2D eigenvalue weighted by atomic mass is 10.4. The van der Waals surface area contributed by atoms with Gasteiger partial charge in [0.15, 0.2) is 0 Å². The summed E-state index contributed by atoms with van der Waals surface area (Å²) >= 11 is 5.40. The van der Waals surface area contributed by atoms with Crippen molar-refractivity contribution in [3.05, 3.63) is 12.3 Å². The largest absolute Gasteiger partial charge is 0.529 e. The Hall–Kier alpha value is -0.0200. The van der Waals surface area contributed by atoms with Crippen LogP contribution >= 0.6 is 19.4 Å². The van der Waals surface area contributed by atoms with Gasteiger partial charge in [-0.3, -0.25) is 9.05 Å². The summed E-state index contributed by atoms with van der Waals surface area (Å²) in [7, 11) is -0.956. The molecule has 0 fully saturated rings. The number of rotatable bonds is 6. The molecule has 0 aromatic heterocycles. The number of alkyl halides is 1. The second kappa shape index (κ2) is 5.60. The van der Waals surface area contributed by atoms with E-state index < -0.39 is 7.82 Å². The fourth-order valence-corrected chi connectivity index (χ4v) is 1.37. The quantitative estimate of drug-likeness (QED) is 0.387. The maximum atomic E-state index is 11.3. The Kier molecular flexibility index (Phi) is 5.59. The molecule has 0 atom stereocenters. The van der Waals surface area contributed by atoms with Crippen LogP contribution in [0.15, 0.2) is 12.3 Å². The van der Waals surface area contributed by atoms with Crippen LogP contribution in [0.4, 0.5) is 0 Å². The summed E-state index contributed by atoms with van der Waals surface area (Å²) in [5.74, 6) is 0.642. The average Bonchev–Trinajstić information content (AvgIpc) is 2.05. The number of phosphoric ester groups is 1. The van der Waals surface area contributed by atoms with Crippen LogP contribution in [0.1, 0.15) is 6.42 Å². The molecule has 0 saturated carbocycles. The van der Waals surface area contributed by atoms with E-state index in [1.54, 1.807) is 0 Å². The first-order chi connectivity index (χ1) is 5.58. The molecule has 0 aliphatic carbocycles. The van der Waals surface area contributed by atoms with Gasteiger partial charge < -0.3 is 4.52 Å². The molecule has 0 heterocycles. The first-order valence-corrected chi connectivity index (χ1v) is 5.22. The molecule has 0 unspecified atom stereocenters. The van der Waals surface area contributed by atoms with Gasteiger partial charge in [-0.1, -0.05) is 6.58 Å². The van der Waals surface area contributed by atoms with Crippen molar-refractivity contribution in [2.45, 2.75) is 6.42 Å². The molecule has 0 saturated heterocycles. The maximum absolute atomic E-state index is 11.3. The Balaban J connectivity index is 4.03. The summed E-state index contributed by atoms with van der Waals surface area (Å²) < 4.78 is 25.1. The molecular weight excluding hydrogens is 202 g/mol. The highest BCUT2D eigenvalue weighted by atomic mass is 35.5. The van der Waals surface area contributed by atoms with E-state index in [4.69, 9.17) is 16.1 Å². The van der Waals surface area contributed by atoms with Gasteiger partial charge in [0.25, 0.3) is 0 Å². The second-order valence-corrected chi connectivity index (χ2v) is 4.07. The van der Waals surface area contributed by atoms with Gasteiger partial charge in [0, 0.05) is 26.5 Å². The Morgan fingerprint density at radius 3 is 2.33 bits per heavy atom. The van der Waals surface area contributed by atoms with Gasteiger partial charge in [-0.25, -0.2) is 4.57 Å². The molecule has 0 rings (SSSR count). The van der Waals surface area contributed by atoms with E-state index in [1.807, 2.05) is 0 Å². The Morgan fingerprint density at radius 2 is 2.00 bits per heavy atom. The van der Waals surface area contributed by atoms with Crippen molar-refractivity contribution in [2.24, 2.45) is 0 Å². The molecule has 12 heavy (non-hydrogen) atoms. The van der Waals surface area contributed by atoms with Crippen LogP contribution in [-0.2, 0) is 18.1 Å². The molecule has 0 amide bonds. The summed E-state index contributed by atoms with van der Waals surface area (Å²) in [4.78, 5) is 0. The van der Waals surface area contributed by atoms with Crippen molar-refractivity contribution in [2.75, 3.05) is 20.1 Å². The summed E-state index contributed by atoms with van der Waals surface area (Å²) in [6, 6.07) is 0. The predicted molar refractivity (Wildman–Crippen MR) is 47.2 cm³/mol. The SMILES string of the molecule is C=C(CCCl)OP(=O)(OC)OC. The third-order valence-corrected chi connectivity index (χ3v) is 2.63. The molecule has 6 heteroatoms. The molecule has 0 radical (unpaired) electrons. The van der Waals surface area contributed by atoms with Crippen molar-refractivity contribution in [3.63, 3.8) is 0 Å². The predicted octanol–water partition coefficient (Wildman–Crippen LogP) is 2.55. The van der Waals surface area contributed by atoms with Crippen LogP contribution < -0.4 is 0 Å². The Labute approximate surface area is 77.1 Å². The number of allylic oxidation sites excluding steroid dienone is 1.